The van der Waals surface area contributed by atoms with Gasteiger partial charge in [-0.05, 0) is 25.3 Å². The van der Waals surface area contributed by atoms with Crippen LogP contribution < -0.4 is 14.8 Å². The van der Waals surface area contributed by atoms with E-state index in [0.717, 1.165) is 6.42 Å². The number of methoxy groups -OCH3 is 2. The zero-order chi connectivity index (χ0) is 23.5. The SMILES string of the molecule is C=CCOC(=O)Nc1cc(OCCCC(=O)OC)c(OC)cc1C(=O)N1CCCC1CO. The second-order valence-electron chi connectivity index (χ2n) is 7.07. The van der Waals surface area contributed by atoms with Gasteiger partial charge in [0, 0.05) is 19.0 Å². The maximum atomic E-state index is 13.2. The fourth-order valence-corrected chi connectivity index (χ4v) is 3.34. The van der Waals surface area contributed by atoms with Crippen molar-refractivity contribution in [3.05, 3.63) is 30.4 Å². The number of nitrogens with one attached hydrogen (secondary N) is 1. The Labute approximate surface area is 187 Å². The van der Waals surface area contributed by atoms with Crippen LogP contribution in [0.3, 0.4) is 0 Å². The summed E-state index contributed by atoms with van der Waals surface area (Å²) in [5, 5.41) is 12.2. The molecule has 1 aromatic carbocycles. The lowest BCUT2D eigenvalue weighted by Gasteiger charge is -2.25. The second kappa shape index (κ2) is 12.6. The van der Waals surface area contributed by atoms with Gasteiger partial charge in [-0.25, -0.2) is 4.79 Å². The topological polar surface area (TPSA) is 124 Å². The summed E-state index contributed by atoms with van der Waals surface area (Å²) in [6.07, 6.45) is 2.73. The first kappa shape index (κ1) is 25.0. The number of esters is 1. The van der Waals surface area contributed by atoms with Crippen molar-refractivity contribution < 1.29 is 38.4 Å². The monoisotopic (exact) mass is 450 g/mol. The van der Waals surface area contributed by atoms with Crippen LogP contribution in [0.1, 0.15) is 36.0 Å². The predicted molar refractivity (Wildman–Crippen MR) is 116 cm³/mol. The normalized spacial score (nSPS) is 15.1. The largest absolute Gasteiger partial charge is 0.493 e. The molecule has 1 atom stereocenters. The van der Waals surface area contributed by atoms with E-state index in [2.05, 4.69) is 16.6 Å². The lowest BCUT2D eigenvalue weighted by molar-refractivity contribution is -0.140. The van der Waals surface area contributed by atoms with E-state index in [0.29, 0.717) is 19.4 Å². The zero-order valence-electron chi connectivity index (χ0n) is 18.4. The van der Waals surface area contributed by atoms with E-state index in [1.165, 1.54) is 32.4 Å². The molecule has 0 aromatic heterocycles. The number of carbonyl (C=O) groups excluding carboxylic acids is 3. The number of amides is 2. The van der Waals surface area contributed by atoms with Crippen LogP contribution in [0.25, 0.3) is 0 Å². The molecule has 2 amide bonds. The number of hydrogen-bond acceptors (Lipinski definition) is 8. The summed E-state index contributed by atoms with van der Waals surface area (Å²) in [7, 11) is 2.75. The molecular weight excluding hydrogens is 420 g/mol. The van der Waals surface area contributed by atoms with Crippen LogP contribution in [0.15, 0.2) is 24.8 Å². The van der Waals surface area contributed by atoms with Crippen LogP contribution in [-0.2, 0) is 14.3 Å². The highest BCUT2D eigenvalue weighted by molar-refractivity contribution is 6.03. The van der Waals surface area contributed by atoms with Gasteiger partial charge >= 0.3 is 12.1 Å². The smallest absolute Gasteiger partial charge is 0.411 e. The number of ether oxygens (including phenoxy) is 4. The third-order valence-corrected chi connectivity index (χ3v) is 4.96. The van der Waals surface area contributed by atoms with Gasteiger partial charge in [-0.3, -0.25) is 14.9 Å². The van der Waals surface area contributed by atoms with Crippen molar-refractivity contribution in [1.82, 2.24) is 4.90 Å². The number of rotatable bonds is 11. The highest BCUT2D eigenvalue weighted by Crippen LogP contribution is 2.35. The van der Waals surface area contributed by atoms with Gasteiger partial charge in [0.15, 0.2) is 11.5 Å². The Morgan fingerprint density at radius 2 is 2.06 bits per heavy atom. The molecule has 1 aromatic rings. The van der Waals surface area contributed by atoms with Gasteiger partial charge in [0.25, 0.3) is 5.91 Å². The fraction of sp³-hybridized carbons (Fsp3) is 0.500. The highest BCUT2D eigenvalue weighted by Gasteiger charge is 2.31. The molecular formula is C22H30N2O8. The maximum absolute atomic E-state index is 13.2. The summed E-state index contributed by atoms with van der Waals surface area (Å²) in [6.45, 7) is 4.04. The van der Waals surface area contributed by atoms with Gasteiger partial charge in [-0.15, -0.1) is 0 Å². The van der Waals surface area contributed by atoms with Crippen molar-refractivity contribution in [2.45, 2.75) is 31.7 Å². The van der Waals surface area contributed by atoms with Crippen LogP contribution in [0.2, 0.25) is 0 Å². The van der Waals surface area contributed by atoms with Gasteiger partial charge in [-0.1, -0.05) is 12.7 Å². The molecule has 0 radical (unpaired) electrons. The Bertz CT molecular complexity index is 826. The Morgan fingerprint density at radius 3 is 2.72 bits per heavy atom. The Hall–Kier alpha value is -3.27. The number of nitrogens with zero attached hydrogens (tertiary/aromatic N) is 1. The molecule has 10 heteroatoms. The first-order valence-corrected chi connectivity index (χ1v) is 10.3. The first-order chi connectivity index (χ1) is 15.4. The van der Waals surface area contributed by atoms with Gasteiger partial charge in [0.2, 0.25) is 0 Å². The number of aliphatic hydroxyl groups excluding tert-OH is 1. The minimum atomic E-state index is -0.763. The van der Waals surface area contributed by atoms with E-state index in [-0.39, 0.29) is 66.9 Å². The lowest BCUT2D eigenvalue weighted by atomic mass is 10.1. The molecule has 1 aliphatic rings. The molecule has 1 fully saturated rings. The maximum Gasteiger partial charge on any atom is 0.411 e. The molecule has 1 unspecified atom stereocenters. The van der Waals surface area contributed by atoms with Crippen molar-refractivity contribution in [3.8, 4) is 11.5 Å². The molecule has 32 heavy (non-hydrogen) atoms. The number of hydrogen-bond donors (Lipinski definition) is 2. The molecule has 176 valence electrons. The molecule has 0 saturated carbocycles. The standard InChI is InChI=1S/C22H30N2O8/c1-4-10-32-22(28)23-17-13-19(31-11-6-8-20(26)30-3)18(29-2)12-16(17)21(27)24-9-5-7-15(24)14-25/h4,12-13,15,25H,1,5-11,14H2,2-3H3,(H,23,28). The van der Waals surface area contributed by atoms with Crippen molar-refractivity contribution in [2.75, 3.05) is 45.9 Å². The van der Waals surface area contributed by atoms with E-state index in [9.17, 15) is 19.5 Å². The summed E-state index contributed by atoms with van der Waals surface area (Å²) in [5.41, 5.74) is 0.357. The minimum absolute atomic E-state index is 0.000858. The third-order valence-electron chi connectivity index (χ3n) is 4.96. The number of likely N-dealkylation sites (tertiary alicyclic amines) is 1. The quantitative estimate of drug-likeness (QED) is 0.299. The van der Waals surface area contributed by atoms with E-state index in [1.54, 1.807) is 4.90 Å². The summed E-state index contributed by atoms with van der Waals surface area (Å²) >= 11 is 0. The van der Waals surface area contributed by atoms with Crippen molar-refractivity contribution in [3.63, 3.8) is 0 Å². The zero-order valence-corrected chi connectivity index (χ0v) is 18.4. The summed E-state index contributed by atoms with van der Waals surface area (Å²) < 4.78 is 20.7. The summed E-state index contributed by atoms with van der Waals surface area (Å²) in [4.78, 5) is 38.2. The summed E-state index contributed by atoms with van der Waals surface area (Å²) in [5.74, 6) is -0.127. The van der Waals surface area contributed by atoms with Gasteiger partial charge < -0.3 is 29.0 Å². The van der Waals surface area contributed by atoms with Crippen LogP contribution in [0.4, 0.5) is 10.5 Å². The van der Waals surface area contributed by atoms with Crippen molar-refractivity contribution in [1.29, 1.82) is 0 Å². The van der Waals surface area contributed by atoms with Crippen LogP contribution in [0, 0.1) is 0 Å². The number of aliphatic hydroxyl groups is 1. The predicted octanol–water partition coefficient (Wildman–Crippen LogP) is 2.36. The second-order valence-corrected chi connectivity index (χ2v) is 7.07. The number of benzene rings is 1. The average molecular weight is 450 g/mol. The Morgan fingerprint density at radius 1 is 1.28 bits per heavy atom. The van der Waals surface area contributed by atoms with Gasteiger partial charge in [0.05, 0.1) is 44.7 Å². The van der Waals surface area contributed by atoms with Crippen molar-refractivity contribution in [2.24, 2.45) is 0 Å². The van der Waals surface area contributed by atoms with Crippen LogP contribution in [-0.4, -0.2) is 74.6 Å². The number of carbonyl (C=O) groups is 3. The van der Waals surface area contributed by atoms with Crippen LogP contribution in [0.5, 0.6) is 11.5 Å². The number of anilines is 1. The highest BCUT2D eigenvalue weighted by atomic mass is 16.5. The molecule has 2 N–H and O–H groups in total. The van der Waals surface area contributed by atoms with E-state index in [4.69, 9.17) is 14.2 Å². The molecule has 1 heterocycles. The van der Waals surface area contributed by atoms with E-state index >= 15 is 0 Å². The molecule has 1 saturated heterocycles. The molecule has 0 aliphatic carbocycles. The van der Waals surface area contributed by atoms with E-state index < -0.39 is 6.09 Å². The molecule has 1 aliphatic heterocycles. The molecule has 10 nitrogen and oxygen atoms in total. The van der Waals surface area contributed by atoms with Gasteiger partial charge in [-0.2, -0.15) is 0 Å². The Balaban J connectivity index is 2.31. The average Bonchev–Trinajstić information content (AvgIpc) is 3.28. The lowest BCUT2D eigenvalue weighted by Crippen LogP contribution is -2.38. The summed E-state index contributed by atoms with van der Waals surface area (Å²) in [6, 6.07) is 2.67. The van der Waals surface area contributed by atoms with E-state index in [1.807, 2.05) is 0 Å². The Kier molecular flexibility index (Phi) is 9.80. The molecule has 0 bridgehead atoms. The van der Waals surface area contributed by atoms with Gasteiger partial charge in [0.1, 0.15) is 6.61 Å². The molecule has 2 rings (SSSR count). The van der Waals surface area contributed by atoms with Crippen molar-refractivity contribution >= 4 is 23.7 Å². The first-order valence-electron chi connectivity index (χ1n) is 10.3. The van der Waals surface area contributed by atoms with Crippen LogP contribution >= 0.6 is 0 Å². The fourth-order valence-electron chi connectivity index (χ4n) is 3.34. The minimum Gasteiger partial charge on any atom is -0.493 e. The third kappa shape index (κ3) is 6.61. The molecule has 0 spiro atoms.